The van der Waals surface area contributed by atoms with Crippen molar-refractivity contribution < 1.29 is 19.2 Å². The fraction of sp³-hybridized carbons (Fsp3) is 0.333. The highest BCUT2D eigenvalue weighted by molar-refractivity contribution is 6.30. The molecule has 7 heteroatoms. The van der Waals surface area contributed by atoms with E-state index in [2.05, 4.69) is 12.4 Å². The minimum absolute atomic E-state index is 0.0631. The van der Waals surface area contributed by atoms with Gasteiger partial charge in [-0.1, -0.05) is 29.8 Å². The fourth-order valence-electron chi connectivity index (χ4n) is 3.07. The molecule has 1 atom stereocenters. The van der Waals surface area contributed by atoms with E-state index in [4.69, 9.17) is 16.3 Å². The molecule has 148 valence electrons. The molecule has 1 heterocycles. The Morgan fingerprint density at radius 2 is 1.86 bits per heavy atom. The molecule has 1 fully saturated rings. The zero-order valence-electron chi connectivity index (χ0n) is 16.1. The average molecular weight is 403 g/mol. The zero-order chi connectivity index (χ0) is 20.1. The van der Waals surface area contributed by atoms with Crippen molar-refractivity contribution in [1.29, 1.82) is 0 Å². The largest absolute Gasteiger partial charge is 0.481 e. The normalized spacial score (nSPS) is 15.8. The van der Waals surface area contributed by atoms with E-state index in [0.717, 1.165) is 13.1 Å². The number of para-hydroxylation sites is 1. The Bertz CT molecular complexity index is 850. The smallest absolute Gasteiger partial charge is 0.265 e. The molecule has 0 spiro atoms. The number of quaternary nitrogens is 1. The van der Waals surface area contributed by atoms with Gasteiger partial charge >= 0.3 is 0 Å². The number of nitrogens with zero attached hydrogens (tertiary/aromatic N) is 1. The lowest BCUT2D eigenvalue weighted by atomic mass is 10.1. The van der Waals surface area contributed by atoms with Gasteiger partial charge in [0.1, 0.15) is 5.75 Å². The highest BCUT2D eigenvalue weighted by atomic mass is 35.5. The predicted molar refractivity (Wildman–Crippen MR) is 109 cm³/mol. The van der Waals surface area contributed by atoms with Gasteiger partial charge in [0.05, 0.1) is 44.5 Å². The predicted octanol–water partition coefficient (Wildman–Crippen LogP) is 1.72. The van der Waals surface area contributed by atoms with Crippen molar-refractivity contribution in [3.63, 3.8) is 0 Å². The molecule has 28 heavy (non-hydrogen) atoms. The third-order valence-electron chi connectivity index (χ3n) is 4.80. The molecule has 0 aliphatic carbocycles. The van der Waals surface area contributed by atoms with Crippen LogP contribution in [0.1, 0.15) is 17.3 Å². The maximum atomic E-state index is 12.9. The maximum Gasteiger partial charge on any atom is 0.265 e. The number of piperazine rings is 1. The van der Waals surface area contributed by atoms with Crippen LogP contribution < -0.4 is 15.0 Å². The number of hydrogen-bond acceptors (Lipinski definition) is 3. The van der Waals surface area contributed by atoms with Crippen LogP contribution in [-0.4, -0.2) is 56.0 Å². The number of anilines is 1. The molecule has 0 unspecified atom stereocenters. The van der Waals surface area contributed by atoms with Crippen molar-refractivity contribution in [3.8, 4) is 5.75 Å². The Hall–Kier alpha value is -2.57. The number of rotatable bonds is 5. The summed E-state index contributed by atoms with van der Waals surface area (Å²) in [5.74, 6) is 0.120. The third-order valence-corrected chi connectivity index (χ3v) is 5.03. The van der Waals surface area contributed by atoms with Crippen LogP contribution in [0, 0.1) is 0 Å². The summed E-state index contributed by atoms with van der Waals surface area (Å²) in [5.41, 5.74) is 0.982. The highest BCUT2D eigenvalue weighted by Gasteiger charge is 2.25. The first kappa shape index (κ1) is 20.2. The van der Waals surface area contributed by atoms with Crippen molar-refractivity contribution >= 4 is 29.1 Å². The van der Waals surface area contributed by atoms with Crippen molar-refractivity contribution in [2.75, 3.05) is 38.5 Å². The Kier molecular flexibility index (Phi) is 6.54. The van der Waals surface area contributed by atoms with Gasteiger partial charge in [0.2, 0.25) is 0 Å². The molecule has 1 saturated heterocycles. The van der Waals surface area contributed by atoms with Gasteiger partial charge in [0.15, 0.2) is 6.10 Å². The molecule has 1 aliphatic rings. The lowest BCUT2D eigenvalue weighted by Gasteiger charge is -2.30. The van der Waals surface area contributed by atoms with Gasteiger partial charge in [-0.05, 0) is 37.3 Å². The fourth-order valence-corrected chi connectivity index (χ4v) is 3.25. The summed E-state index contributed by atoms with van der Waals surface area (Å²) in [6.07, 6.45) is -0.742. The molecule has 6 nitrogen and oxygen atoms in total. The summed E-state index contributed by atoms with van der Waals surface area (Å²) in [6.45, 7) is 4.92. The van der Waals surface area contributed by atoms with Gasteiger partial charge in [-0.25, -0.2) is 0 Å². The van der Waals surface area contributed by atoms with Gasteiger partial charge in [-0.15, -0.1) is 0 Å². The quantitative estimate of drug-likeness (QED) is 0.800. The number of nitrogens with one attached hydrogen (secondary N) is 2. The number of likely N-dealkylation sites (N-methyl/N-ethyl adjacent to an activating group) is 1. The van der Waals surface area contributed by atoms with Crippen LogP contribution in [0.4, 0.5) is 5.69 Å². The van der Waals surface area contributed by atoms with Gasteiger partial charge in [-0.2, -0.15) is 0 Å². The topological polar surface area (TPSA) is 63.1 Å². The van der Waals surface area contributed by atoms with Gasteiger partial charge < -0.3 is 19.9 Å². The van der Waals surface area contributed by atoms with Gasteiger partial charge in [0.25, 0.3) is 11.8 Å². The van der Waals surface area contributed by atoms with Crippen LogP contribution in [0.15, 0.2) is 48.5 Å². The number of ether oxygens (including phenoxy) is 1. The molecule has 0 radical (unpaired) electrons. The summed E-state index contributed by atoms with van der Waals surface area (Å²) in [4.78, 5) is 28.8. The zero-order valence-corrected chi connectivity index (χ0v) is 16.8. The van der Waals surface area contributed by atoms with Crippen LogP contribution in [-0.2, 0) is 4.79 Å². The lowest BCUT2D eigenvalue weighted by molar-refractivity contribution is -0.883. The summed E-state index contributed by atoms with van der Waals surface area (Å²) in [6, 6.07) is 14.0. The Morgan fingerprint density at radius 3 is 2.57 bits per heavy atom. The van der Waals surface area contributed by atoms with Crippen LogP contribution in [0.2, 0.25) is 5.02 Å². The van der Waals surface area contributed by atoms with E-state index in [1.165, 1.54) is 4.90 Å². The van der Waals surface area contributed by atoms with E-state index in [9.17, 15) is 9.59 Å². The summed E-state index contributed by atoms with van der Waals surface area (Å²) >= 11 is 5.95. The van der Waals surface area contributed by atoms with Gasteiger partial charge in [-0.3, -0.25) is 9.59 Å². The van der Waals surface area contributed by atoms with E-state index < -0.39 is 6.10 Å². The van der Waals surface area contributed by atoms with Crippen LogP contribution in [0.3, 0.4) is 0 Å². The second kappa shape index (κ2) is 9.08. The van der Waals surface area contributed by atoms with Crippen LogP contribution in [0.25, 0.3) is 0 Å². The Balaban J connectivity index is 1.68. The third kappa shape index (κ3) is 5.03. The van der Waals surface area contributed by atoms with Crippen LogP contribution >= 0.6 is 11.6 Å². The molecular weight excluding hydrogens is 378 g/mol. The highest BCUT2D eigenvalue weighted by Crippen LogP contribution is 2.20. The van der Waals surface area contributed by atoms with E-state index >= 15 is 0 Å². The SMILES string of the molecule is C[C@@H](Oc1cccc(Cl)c1)C(=O)Nc1ccccc1C(=O)N1CC[NH+](C)CC1. The average Bonchev–Trinajstić information content (AvgIpc) is 2.68. The molecule has 2 aromatic rings. The number of carbonyl (C=O) groups excluding carboxylic acids is 2. The van der Waals surface area contributed by atoms with Crippen molar-refractivity contribution in [2.45, 2.75) is 13.0 Å². The number of benzene rings is 2. The van der Waals surface area contributed by atoms with Crippen molar-refractivity contribution in [2.24, 2.45) is 0 Å². The van der Waals surface area contributed by atoms with Crippen LogP contribution in [0.5, 0.6) is 5.75 Å². The number of amides is 2. The molecule has 2 aromatic carbocycles. The number of halogens is 1. The molecule has 2 N–H and O–H groups in total. The number of carbonyl (C=O) groups is 2. The molecule has 0 bridgehead atoms. The molecule has 3 rings (SSSR count). The van der Waals surface area contributed by atoms with E-state index in [1.54, 1.807) is 55.5 Å². The first-order chi connectivity index (χ1) is 13.4. The Labute approximate surface area is 170 Å². The molecule has 2 amide bonds. The minimum Gasteiger partial charge on any atom is -0.481 e. The van der Waals surface area contributed by atoms with Crippen molar-refractivity contribution in [3.05, 3.63) is 59.1 Å². The second-order valence-electron chi connectivity index (χ2n) is 7.00. The minimum atomic E-state index is -0.742. The molecule has 0 saturated carbocycles. The van der Waals surface area contributed by atoms with E-state index in [0.29, 0.717) is 35.1 Å². The van der Waals surface area contributed by atoms with E-state index in [-0.39, 0.29) is 11.8 Å². The van der Waals surface area contributed by atoms with E-state index in [1.807, 2.05) is 4.90 Å². The second-order valence-corrected chi connectivity index (χ2v) is 7.44. The lowest BCUT2D eigenvalue weighted by Crippen LogP contribution is -3.12. The standard InChI is InChI=1S/C21H24ClN3O3/c1-15(28-17-7-5-6-16(22)14-17)20(26)23-19-9-4-3-8-18(19)21(27)25-12-10-24(2)11-13-25/h3-9,14-15H,10-13H2,1-2H3,(H,23,26)/p+1/t15-/m1/s1. The number of hydrogen-bond donors (Lipinski definition) is 2. The Morgan fingerprint density at radius 1 is 1.14 bits per heavy atom. The maximum absolute atomic E-state index is 12.9. The molecule has 1 aliphatic heterocycles. The van der Waals surface area contributed by atoms with Crippen molar-refractivity contribution in [1.82, 2.24) is 4.90 Å². The van der Waals surface area contributed by atoms with Gasteiger partial charge in [0, 0.05) is 5.02 Å². The first-order valence-corrected chi connectivity index (χ1v) is 9.74. The first-order valence-electron chi connectivity index (χ1n) is 9.36. The summed E-state index contributed by atoms with van der Waals surface area (Å²) in [5, 5.41) is 3.36. The summed E-state index contributed by atoms with van der Waals surface area (Å²) in [7, 11) is 2.12. The molecular formula is C21H25ClN3O3+. The monoisotopic (exact) mass is 402 g/mol. The summed E-state index contributed by atoms with van der Waals surface area (Å²) < 4.78 is 5.66. The molecule has 0 aromatic heterocycles.